The molecule has 132 valence electrons. The van der Waals surface area contributed by atoms with Crippen LogP contribution < -0.4 is 10.6 Å². The van der Waals surface area contributed by atoms with Crippen LogP contribution >= 0.6 is 0 Å². The number of benzene rings is 1. The molecule has 0 fully saturated rings. The van der Waals surface area contributed by atoms with E-state index in [1.54, 1.807) is 6.07 Å². The van der Waals surface area contributed by atoms with E-state index in [9.17, 15) is 9.59 Å². The van der Waals surface area contributed by atoms with Gasteiger partial charge in [-0.2, -0.15) is 0 Å². The summed E-state index contributed by atoms with van der Waals surface area (Å²) in [5.74, 6) is -0.464. The van der Waals surface area contributed by atoms with Gasteiger partial charge in [0, 0.05) is 24.8 Å². The van der Waals surface area contributed by atoms with Gasteiger partial charge in [-0.1, -0.05) is 49.6 Å². The van der Waals surface area contributed by atoms with Crippen LogP contribution in [0.4, 0.5) is 0 Å². The number of pyridine rings is 1. The Balaban J connectivity index is 1.93. The fraction of sp³-hybridized carbons (Fsp3) is 0.350. The molecule has 1 aromatic heterocycles. The fourth-order valence-electron chi connectivity index (χ4n) is 2.47. The zero-order valence-corrected chi connectivity index (χ0v) is 14.8. The molecule has 1 aromatic carbocycles. The second-order valence-corrected chi connectivity index (χ2v) is 6.06. The molecule has 0 bridgehead atoms. The highest BCUT2D eigenvalue weighted by Crippen LogP contribution is 2.06. The van der Waals surface area contributed by atoms with Crippen molar-refractivity contribution in [2.45, 2.75) is 39.7 Å². The quantitative estimate of drug-likeness (QED) is 0.725. The second kappa shape index (κ2) is 9.57. The third kappa shape index (κ3) is 6.03. The first kappa shape index (κ1) is 18.6. The molecule has 2 aromatic rings. The summed E-state index contributed by atoms with van der Waals surface area (Å²) in [4.78, 5) is 28.5. The van der Waals surface area contributed by atoms with E-state index in [0.29, 0.717) is 18.7 Å². The van der Waals surface area contributed by atoms with Crippen LogP contribution in [0.15, 0.2) is 42.6 Å². The molecule has 0 aliphatic rings. The van der Waals surface area contributed by atoms with E-state index in [-0.39, 0.29) is 17.5 Å². The normalized spacial score (nSPS) is 10.3. The summed E-state index contributed by atoms with van der Waals surface area (Å²) in [6.07, 6.45) is 4.64. The zero-order chi connectivity index (χ0) is 18.1. The van der Waals surface area contributed by atoms with E-state index in [1.807, 2.05) is 31.2 Å². The monoisotopic (exact) mass is 339 g/mol. The molecule has 1 heterocycles. The third-order valence-corrected chi connectivity index (χ3v) is 3.86. The van der Waals surface area contributed by atoms with Gasteiger partial charge in [-0.15, -0.1) is 0 Å². The molecular formula is C20H25N3O2. The van der Waals surface area contributed by atoms with Crippen molar-refractivity contribution in [3.8, 4) is 0 Å². The minimum Gasteiger partial charge on any atom is -0.352 e. The summed E-state index contributed by atoms with van der Waals surface area (Å²) in [5, 5.41) is 5.70. The number of carbonyl (C=O) groups excluding carboxylic acids is 2. The maximum absolute atomic E-state index is 12.3. The zero-order valence-electron chi connectivity index (χ0n) is 14.8. The molecule has 5 heteroatoms. The lowest BCUT2D eigenvalue weighted by Gasteiger charge is -2.08. The van der Waals surface area contributed by atoms with Crippen LogP contribution in [0.2, 0.25) is 0 Å². The van der Waals surface area contributed by atoms with Gasteiger partial charge in [-0.25, -0.2) is 0 Å². The van der Waals surface area contributed by atoms with Crippen molar-refractivity contribution >= 4 is 11.8 Å². The first-order chi connectivity index (χ1) is 12.1. The molecule has 5 nitrogen and oxygen atoms in total. The minimum absolute atomic E-state index is 0.175. The molecule has 2 N–H and O–H groups in total. The molecule has 25 heavy (non-hydrogen) atoms. The van der Waals surface area contributed by atoms with Crippen molar-refractivity contribution in [3.63, 3.8) is 0 Å². The predicted octanol–water partition coefficient (Wildman–Crippen LogP) is 3.24. The largest absolute Gasteiger partial charge is 0.352 e. The van der Waals surface area contributed by atoms with Gasteiger partial charge >= 0.3 is 0 Å². The molecule has 0 spiro atoms. The van der Waals surface area contributed by atoms with Crippen LogP contribution in [0, 0.1) is 6.92 Å². The molecule has 0 radical (unpaired) electrons. The standard InChI is InChI=1S/C20H25N3O2/c1-3-4-5-10-22-19(24)17-9-11-21-18(13-17)20(25)23-14-16-8-6-7-15(2)12-16/h6-9,11-13H,3-5,10,14H2,1-2H3,(H,22,24)(H,23,25). The molecule has 0 aliphatic heterocycles. The highest BCUT2D eigenvalue weighted by Gasteiger charge is 2.11. The van der Waals surface area contributed by atoms with Crippen molar-refractivity contribution < 1.29 is 9.59 Å². The molecule has 2 amide bonds. The van der Waals surface area contributed by atoms with E-state index < -0.39 is 0 Å². The first-order valence-corrected chi connectivity index (χ1v) is 8.68. The smallest absolute Gasteiger partial charge is 0.270 e. The number of hydrogen-bond donors (Lipinski definition) is 2. The lowest BCUT2D eigenvalue weighted by atomic mass is 10.1. The Morgan fingerprint density at radius 1 is 1.04 bits per heavy atom. The Hall–Kier alpha value is -2.69. The van der Waals surface area contributed by atoms with Gasteiger partial charge in [0.15, 0.2) is 0 Å². The van der Waals surface area contributed by atoms with E-state index in [1.165, 1.54) is 12.3 Å². The minimum atomic E-state index is -0.290. The highest BCUT2D eigenvalue weighted by molar-refractivity contribution is 5.98. The topological polar surface area (TPSA) is 71.1 Å². The molecule has 0 saturated heterocycles. The molecular weight excluding hydrogens is 314 g/mol. The van der Waals surface area contributed by atoms with Gasteiger partial charge in [-0.05, 0) is 31.0 Å². The van der Waals surface area contributed by atoms with Crippen molar-refractivity contribution in [3.05, 3.63) is 65.0 Å². The summed E-state index contributed by atoms with van der Waals surface area (Å²) in [5.41, 5.74) is 2.87. The van der Waals surface area contributed by atoms with Crippen molar-refractivity contribution in [2.24, 2.45) is 0 Å². The number of aryl methyl sites for hydroxylation is 1. The Kier molecular flexibility index (Phi) is 7.14. The summed E-state index contributed by atoms with van der Waals surface area (Å²) in [7, 11) is 0. The van der Waals surface area contributed by atoms with Gasteiger partial charge in [0.05, 0.1) is 0 Å². The summed E-state index contributed by atoms with van der Waals surface area (Å²) >= 11 is 0. The van der Waals surface area contributed by atoms with Gasteiger partial charge in [0.2, 0.25) is 0 Å². The van der Waals surface area contributed by atoms with Crippen LogP contribution in [0.5, 0.6) is 0 Å². The van der Waals surface area contributed by atoms with E-state index in [2.05, 4.69) is 22.5 Å². The van der Waals surface area contributed by atoms with Gasteiger partial charge in [0.25, 0.3) is 11.8 Å². The van der Waals surface area contributed by atoms with Crippen LogP contribution in [-0.2, 0) is 6.54 Å². The van der Waals surface area contributed by atoms with Crippen molar-refractivity contribution in [2.75, 3.05) is 6.54 Å². The Morgan fingerprint density at radius 3 is 2.64 bits per heavy atom. The number of amides is 2. The molecule has 0 unspecified atom stereocenters. The molecule has 0 saturated carbocycles. The highest BCUT2D eigenvalue weighted by atomic mass is 16.2. The van der Waals surface area contributed by atoms with E-state index in [0.717, 1.165) is 30.4 Å². The van der Waals surface area contributed by atoms with Gasteiger partial charge < -0.3 is 10.6 Å². The van der Waals surface area contributed by atoms with Crippen LogP contribution in [0.25, 0.3) is 0 Å². The van der Waals surface area contributed by atoms with E-state index >= 15 is 0 Å². The van der Waals surface area contributed by atoms with Crippen molar-refractivity contribution in [1.82, 2.24) is 15.6 Å². The molecule has 0 atom stereocenters. The number of unbranched alkanes of at least 4 members (excludes halogenated alkanes) is 2. The lowest BCUT2D eigenvalue weighted by molar-refractivity contribution is 0.0946. The summed E-state index contributed by atoms with van der Waals surface area (Å²) in [6, 6.07) is 11.1. The number of aromatic nitrogens is 1. The number of rotatable bonds is 8. The summed E-state index contributed by atoms with van der Waals surface area (Å²) in [6.45, 7) is 5.20. The third-order valence-electron chi connectivity index (χ3n) is 3.86. The van der Waals surface area contributed by atoms with Crippen LogP contribution in [0.1, 0.15) is 58.2 Å². The Labute approximate surface area is 148 Å². The number of hydrogen-bond acceptors (Lipinski definition) is 3. The van der Waals surface area contributed by atoms with E-state index in [4.69, 9.17) is 0 Å². The fourth-order valence-corrected chi connectivity index (χ4v) is 2.47. The van der Waals surface area contributed by atoms with Crippen molar-refractivity contribution in [1.29, 1.82) is 0 Å². The van der Waals surface area contributed by atoms with Crippen LogP contribution in [-0.4, -0.2) is 23.3 Å². The van der Waals surface area contributed by atoms with Gasteiger partial charge in [0.1, 0.15) is 5.69 Å². The average molecular weight is 339 g/mol. The Morgan fingerprint density at radius 2 is 1.88 bits per heavy atom. The molecule has 0 aliphatic carbocycles. The summed E-state index contributed by atoms with van der Waals surface area (Å²) < 4.78 is 0. The number of nitrogens with zero attached hydrogens (tertiary/aromatic N) is 1. The lowest BCUT2D eigenvalue weighted by Crippen LogP contribution is -2.27. The SMILES string of the molecule is CCCCCNC(=O)c1ccnc(C(=O)NCc2cccc(C)c2)c1. The van der Waals surface area contributed by atoms with Gasteiger partial charge in [-0.3, -0.25) is 14.6 Å². The Bertz CT molecular complexity index is 728. The number of nitrogens with one attached hydrogen (secondary N) is 2. The second-order valence-electron chi connectivity index (χ2n) is 6.06. The average Bonchev–Trinajstić information content (AvgIpc) is 2.63. The maximum atomic E-state index is 12.3. The molecule has 2 rings (SSSR count). The predicted molar refractivity (Wildman–Crippen MR) is 98.4 cm³/mol. The number of carbonyl (C=O) groups is 2. The maximum Gasteiger partial charge on any atom is 0.270 e. The van der Waals surface area contributed by atoms with Crippen LogP contribution in [0.3, 0.4) is 0 Å². The first-order valence-electron chi connectivity index (χ1n) is 8.68.